The molecule has 14 nitrogen and oxygen atoms in total. The monoisotopic (exact) mass is 707 g/mol. The van der Waals surface area contributed by atoms with Crippen LogP contribution in [0.15, 0.2) is 121 Å². The summed E-state index contributed by atoms with van der Waals surface area (Å²) in [5.74, 6) is 0. The molecule has 0 bridgehead atoms. The smallest absolute Gasteiger partial charge is 0.457 e. The van der Waals surface area contributed by atoms with Crippen LogP contribution in [-0.2, 0) is 27.7 Å². The fourth-order valence-corrected chi connectivity index (χ4v) is 2.05. The quantitative estimate of drug-likeness (QED) is 0.155. The van der Waals surface area contributed by atoms with Gasteiger partial charge in [-0.25, -0.2) is 37.3 Å². The Hall–Kier alpha value is -4.47. The number of hydrogen-bond acceptors (Lipinski definition) is 12. The second-order valence-electron chi connectivity index (χ2n) is 6.67. The van der Waals surface area contributed by atoms with Crippen LogP contribution in [0.3, 0.4) is 0 Å². The molecule has 1 radical (unpaired) electrons. The van der Waals surface area contributed by atoms with Crippen LogP contribution in [0.4, 0.5) is 0 Å². The molecule has 0 saturated heterocycles. The van der Waals surface area contributed by atoms with Gasteiger partial charge in [0, 0.05) is 0 Å². The number of hydrogen-bond donors (Lipinski definition) is 0. The maximum absolute atomic E-state index is 8.49. The van der Waals surface area contributed by atoms with Gasteiger partial charge in [0.2, 0.25) is 0 Å². The first kappa shape index (κ1) is 50.2. The summed E-state index contributed by atoms with van der Waals surface area (Å²) < 4.78 is 67.9. The average molecular weight is 708 g/mol. The molecule has 0 amide bonds. The molecule has 6 N–H and O–H groups in total. The zero-order valence-electron chi connectivity index (χ0n) is 22.8. The number of nitriles is 4. The summed E-state index contributed by atoms with van der Waals surface area (Å²) in [6, 6.07) is 44.7. The fraction of sp³-hybridized carbons (Fsp3) is 0. The van der Waals surface area contributed by atoms with Crippen LogP contribution in [-0.4, -0.2) is 0 Å². The third-order valence-corrected chi connectivity index (χ3v) is 3.61. The molecule has 0 unspecified atom stereocenters. The van der Waals surface area contributed by atoms with Crippen molar-refractivity contribution in [1.82, 2.24) is 0 Å². The number of rotatable bonds is 0. The third kappa shape index (κ3) is 44.1. The van der Waals surface area contributed by atoms with Crippen LogP contribution in [0, 0.1) is 65.8 Å². The average Bonchev–Trinajstić information content (AvgIpc) is 2.98. The second kappa shape index (κ2) is 31.0. The van der Waals surface area contributed by atoms with E-state index in [4.69, 9.17) is 58.3 Å². The molecule has 0 heterocycles. The van der Waals surface area contributed by atoms with E-state index in [2.05, 4.69) is 0 Å². The summed E-state index contributed by atoms with van der Waals surface area (Å²) in [7, 11) is -9.89. The predicted molar refractivity (Wildman–Crippen MR) is 134 cm³/mol. The summed E-state index contributed by atoms with van der Waals surface area (Å²) in [6.07, 6.45) is 0. The van der Waals surface area contributed by atoms with E-state index >= 15 is 0 Å². The van der Waals surface area contributed by atoms with Gasteiger partial charge in [-0.15, -0.1) is 20.5 Å². The summed E-state index contributed by atoms with van der Waals surface area (Å²) in [6.45, 7) is 0. The van der Waals surface area contributed by atoms with Gasteiger partial charge in [0.15, 0.2) is 0 Å². The van der Waals surface area contributed by atoms with Crippen molar-refractivity contribution >= 4 is 0 Å². The van der Waals surface area contributed by atoms with Gasteiger partial charge in [0.25, 0.3) is 0 Å². The van der Waals surface area contributed by atoms with Crippen molar-refractivity contribution in [2.75, 3.05) is 0 Å². The molecule has 0 aromatic heterocycles. The molecule has 0 spiro atoms. The Labute approximate surface area is 273 Å². The van der Waals surface area contributed by atoms with Crippen LogP contribution in [0.1, 0.15) is 22.3 Å². The fourth-order valence-electron chi connectivity index (χ4n) is 2.05. The number of halogens is 2. The first-order valence-electron chi connectivity index (χ1n) is 10.8. The van der Waals surface area contributed by atoms with Crippen molar-refractivity contribution < 1.29 is 85.5 Å². The summed E-state index contributed by atoms with van der Waals surface area (Å²) in [5, 5.41) is 33.2. The molecule has 4 aromatic carbocycles. The predicted octanol–water partition coefficient (Wildman–Crippen LogP) is -5.13. The molecule has 239 valence electrons. The first-order chi connectivity index (χ1) is 19.7. The molecule has 0 aliphatic heterocycles. The van der Waals surface area contributed by atoms with E-state index in [0.717, 1.165) is 0 Å². The summed E-state index contributed by atoms with van der Waals surface area (Å²) in [5.41, 5.74) is 2.86. The molecular formula is C28H26Cl2CoN4O10+2. The van der Waals surface area contributed by atoms with Gasteiger partial charge < -0.3 is 11.0 Å². The Morgan fingerprint density at radius 1 is 0.333 bits per heavy atom. The minimum atomic E-state index is -4.94. The molecule has 0 saturated carbocycles. The van der Waals surface area contributed by atoms with Gasteiger partial charge in [0.1, 0.15) is 0 Å². The molecule has 4 aromatic rings. The van der Waals surface area contributed by atoms with Crippen molar-refractivity contribution in [3.05, 3.63) is 144 Å². The Bertz CT molecular complexity index is 1180. The van der Waals surface area contributed by atoms with Crippen molar-refractivity contribution in [1.29, 1.82) is 21.0 Å². The van der Waals surface area contributed by atoms with Crippen LogP contribution in [0.25, 0.3) is 0 Å². The first-order valence-corrected chi connectivity index (χ1v) is 13.2. The molecule has 4 rings (SSSR count). The molecular weight excluding hydrogens is 682 g/mol. The van der Waals surface area contributed by atoms with Gasteiger partial charge in [-0.1, -0.05) is 72.8 Å². The summed E-state index contributed by atoms with van der Waals surface area (Å²) in [4.78, 5) is 0. The van der Waals surface area contributed by atoms with E-state index in [9.17, 15) is 0 Å². The minimum Gasteiger partial charge on any atom is -0.457 e. The maximum atomic E-state index is 8.49. The van der Waals surface area contributed by atoms with E-state index < -0.39 is 20.5 Å². The van der Waals surface area contributed by atoms with E-state index in [1.165, 1.54) is 0 Å². The zero-order valence-corrected chi connectivity index (χ0v) is 25.4. The van der Waals surface area contributed by atoms with Crippen molar-refractivity contribution in [2.45, 2.75) is 0 Å². The molecule has 45 heavy (non-hydrogen) atoms. The van der Waals surface area contributed by atoms with E-state index in [-0.39, 0.29) is 27.7 Å². The minimum absolute atomic E-state index is 0. The maximum Gasteiger partial charge on any atom is 2.00 e. The number of nitrogens with zero attached hydrogens (tertiary/aromatic N) is 4. The SMILES string of the molecule is N#Cc1ccccc1.N#Cc1ccccc1.N#Cc1ccccc1.N#Cc1ccccc1.[Co+2].[O-][Cl+3]([O-])([O-])[O-].[O-][Cl+3]([O-])([O-])[O-].[OH3+].[OH3+]. The molecule has 17 heteroatoms. The topological polar surface area (TPSA) is 346 Å². The molecule has 0 atom stereocenters. The van der Waals surface area contributed by atoms with Gasteiger partial charge >= 0.3 is 16.8 Å². The Kier molecular flexibility index (Phi) is 34.5. The van der Waals surface area contributed by atoms with Gasteiger partial charge in [-0.2, -0.15) is 21.0 Å². The van der Waals surface area contributed by atoms with E-state index in [0.29, 0.717) is 22.3 Å². The summed E-state index contributed by atoms with van der Waals surface area (Å²) >= 11 is 0. The normalized spacial score (nSPS) is 8.27. The van der Waals surface area contributed by atoms with Gasteiger partial charge in [-0.05, 0) is 48.5 Å². The second-order valence-corrected chi connectivity index (χ2v) is 8.18. The Balaban J connectivity index is -0.000000142. The zero-order chi connectivity index (χ0) is 32.3. The molecule has 0 aliphatic carbocycles. The van der Waals surface area contributed by atoms with Crippen LogP contribution < -0.4 is 37.3 Å². The standard InChI is InChI=1S/4C7H5N.2ClHO4.Co.2H2O/c4*8-6-7-4-2-1-3-5-7;2*2-1(3,4)5;;;/h4*1-5H;2*(H,2,3,4,5);;2*1H2/q;;;;;;+2;;. The van der Waals surface area contributed by atoms with E-state index in [1.807, 2.05) is 97.1 Å². The van der Waals surface area contributed by atoms with Crippen molar-refractivity contribution in [3.8, 4) is 24.3 Å². The Morgan fingerprint density at radius 3 is 0.511 bits per heavy atom. The number of benzene rings is 4. The van der Waals surface area contributed by atoms with Crippen LogP contribution in [0.2, 0.25) is 0 Å². The molecule has 0 fully saturated rings. The molecule has 0 aliphatic rings. The van der Waals surface area contributed by atoms with Crippen molar-refractivity contribution in [3.63, 3.8) is 0 Å². The van der Waals surface area contributed by atoms with Crippen molar-refractivity contribution in [2.24, 2.45) is 0 Å². The van der Waals surface area contributed by atoms with Crippen LogP contribution >= 0.6 is 0 Å². The van der Waals surface area contributed by atoms with Gasteiger partial charge in [-0.3, -0.25) is 0 Å². The largest absolute Gasteiger partial charge is 2.00 e. The van der Waals surface area contributed by atoms with Crippen LogP contribution in [0.5, 0.6) is 0 Å². The Morgan fingerprint density at radius 2 is 0.444 bits per heavy atom. The van der Waals surface area contributed by atoms with Gasteiger partial charge in [0.05, 0.1) is 46.5 Å². The van der Waals surface area contributed by atoms with E-state index in [1.54, 1.807) is 48.5 Å². The third-order valence-electron chi connectivity index (χ3n) is 3.61.